The molecule has 3 heteroatoms. The number of benzene rings is 1. The average molecular weight is 244 g/mol. The molecular weight excluding hydrogens is 224 g/mol. The van der Waals surface area contributed by atoms with Crippen molar-refractivity contribution < 1.29 is 4.79 Å². The number of hydrogen-bond acceptors (Lipinski definition) is 2. The van der Waals surface area contributed by atoms with Crippen LogP contribution in [0.15, 0.2) is 30.5 Å². The fourth-order valence-electron chi connectivity index (χ4n) is 2.26. The highest BCUT2D eigenvalue weighted by Gasteiger charge is 2.12. The molecule has 0 unspecified atom stereocenters. The second-order valence-corrected chi connectivity index (χ2v) is 4.58. The first kappa shape index (κ1) is 12.8. The Balaban J connectivity index is 2.41. The Labute approximate surface area is 108 Å². The maximum atomic E-state index is 12.2. The second kappa shape index (κ2) is 5.83. The van der Waals surface area contributed by atoms with Gasteiger partial charge in [-0.2, -0.15) is 0 Å². The van der Waals surface area contributed by atoms with Crippen LogP contribution in [0.4, 0.5) is 0 Å². The number of fused-ring (bicyclic) bond motifs is 1. The third-order valence-electron chi connectivity index (χ3n) is 3.22. The van der Waals surface area contributed by atoms with Gasteiger partial charge in [-0.1, -0.05) is 31.5 Å². The zero-order chi connectivity index (χ0) is 13.0. The zero-order valence-corrected chi connectivity index (χ0v) is 10.9. The van der Waals surface area contributed by atoms with Gasteiger partial charge in [-0.05, 0) is 31.0 Å². The summed E-state index contributed by atoms with van der Waals surface area (Å²) in [7, 11) is 0. The van der Waals surface area contributed by atoms with Crippen molar-refractivity contribution in [3.63, 3.8) is 0 Å². The molecule has 0 amide bonds. The third kappa shape index (κ3) is 2.46. The molecule has 2 N–H and O–H groups in total. The van der Waals surface area contributed by atoms with Gasteiger partial charge in [0.1, 0.15) is 0 Å². The number of para-hydroxylation sites is 1. The van der Waals surface area contributed by atoms with Gasteiger partial charge in [0.25, 0.3) is 0 Å². The largest absolute Gasteiger partial charge is 0.330 e. The van der Waals surface area contributed by atoms with Crippen LogP contribution >= 0.6 is 0 Å². The number of unbranched alkanes of at least 4 members (excludes halogenated alkanes) is 1. The quantitative estimate of drug-likeness (QED) is 0.879. The molecule has 0 aliphatic heterocycles. The summed E-state index contributed by atoms with van der Waals surface area (Å²) in [5.41, 5.74) is 7.79. The maximum Gasteiger partial charge on any atom is 0.231 e. The van der Waals surface area contributed by atoms with Crippen molar-refractivity contribution in [3.05, 3.63) is 36.0 Å². The first-order valence-corrected chi connectivity index (χ1v) is 6.60. The molecule has 1 aromatic heterocycles. The predicted molar refractivity (Wildman–Crippen MR) is 74.8 cm³/mol. The molecule has 2 rings (SSSR count). The number of carbonyl (C=O) groups is 1. The normalized spacial score (nSPS) is 11.0. The van der Waals surface area contributed by atoms with E-state index in [4.69, 9.17) is 5.73 Å². The standard InChI is InChI=1S/C15H20N2O/c1-2-3-8-15(18)17-11-12(9-10-16)13-6-4-5-7-14(13)17/h4-7,11H,2-3,8-10,16H2,1H3. The van der Waals surface area contributed by atoms with Crippen LogP contribution in [0.1, 0.15) is 36.5 Å². The van der Waals surface area contributed by atoms with Gasteiger partial charge in [-0.15, -0.1) is 0 Å². The minimum atomic E-state index is 0.177. The summed E-state index contributed by atoms with van der Waals surface area (Å²) >= 11 is 0. The molecule has 0 atom stereocenters. The van der Waals surface area contributed by atoms with E-state index in [1.54, 1.807) is 4.57 Å². The summed E-state index contributed by atoms with van der Waals surface area (Å²) < 4.78 is 1.79. The Morgan fingerprint density at radius 1 is 1.33 bits per heavy atom. The fourth-order valence-corrected chi connectivity index (χ4v) is 2.26. The fraction of sp³-hybridized carbons (Fsp3) is 0.400. The van der Waals surface area contributed by atoms with Crippen molar-refractivity contribution in [3.8, 4) is 0 Å². The van der Waals surface area contributed by atoms with Gasteiger partial charge >= 0.3 is 0 Å². The maximum absolute atomic E-state index is 12.2. The van der Waals surface area contributed by atoms with Crippen LogP contribution in [0.25, 0.3) is 10.9 Å². The van der Waals surface area contributed by atoms with E-state index in [0.29, 0.717) is 13.0 Å². The van der Waals surface area contributed by atoms with E-state index in [9.17, 15) is 4.79 Å². The van der Waals surface area contributed by atoms with Crippen LogP contribution in [0, 0.1) is 0 Å². The van der Waals surface area contributed by atoms with Crippen LogP contribution < -0.4 is 5.73 Å². The lowest BCUT2D eigenvalue weighted by Crippen LogP contribution is -2.08. The van der Waals surface area contributed by atoms with Gasteiger partial charge in [-0.3, -0.25) is 9.36 Å². The van der Waals surface area contributed by atoms with Crippen molar-refractivity contribution in [2.75, 3.05) is 6.54 Å². The van der Waals surface area contributed by atoms with Crippen molar-refractivity contribution >= 4 is 16.8 Å². The van der Waals surface area contributed by atoms with Crippen LogP contribution in [0.3, 0.4) is 0 Å². The molecule has 18 heavy (non-hydrogen) atoms. The highest BCUT2D eigenvalue weighted by molar-refractivity contribution is 5.94. The van der Waals surface area contributed by atoms with Crippen molar-refractivity contribution in [2.45, 2.75) is 32.6 Å². The molecule has 2 aromatic rings. The smallest absolute Gasteiger partial charge is 0.231 e. The molecular formula is C15H20N2O. The number of aromatic nitrogens is 1. The molecule has 0 saturated heterocycles. The number of hydrogen-bond donors (Lipinski definition) is 1. The summed E-state index contributed by atoms with van der Waals surface area (Å²) in [6.07, 6.45) is 5.36. The van der Waals surface area contributed by atoms with Gasteiger partial charge in [-0.25, -0.2) is 0 Å². The van der Waals surface area contributed by atoms with E-state index in [0.717, 1.165) is 35.7 Å². The number of carbonyl (C=O) groups excluding carboxylic acids is 1. The summed E-state index contributed by atoms with van der Waals surface area (Å²) in [5.74, 6) is 0.177. The van der Waals surface area contributed by atoms with Crippen LogP contribution in [0.2, 0.25) is 0 Å². The molecule has 0 spiro atoms. The van der Waals surface area contributed by atoms with Gasteiger partial charge in [0.15, 0.2) is 0 Å². The van der Waals surface area contributed by atoms with Gasteiger partial charge < -0.3 is 5.73 Å². The van der Waals surface area contributed by atoms with E-state index >= 15 is 0 Å². The molecule has 0 fully saturated rings. The number of rotatable bonds is 5. The van der Waals surface area contributed by atoms with Gasteiger partial charge in [0, 0.05) is 18.0 Å². The lowest BCUT2D eigenvalue weighted by molar-refractivity contribution is 0.0905. The minimum absolute atomic E-state index is 0.177. The number of nitrogens with two attached hydrogens (primary N) is 1. The molecule has 0 aliphatic carbocycles. The summed E-state index contributed by atoms with van der Waals surface area (Å²) in [6, 6.07) is 8.03. The SMILES string of the molecule is CCCCC(=O)n1cc(CCN)c2ccccc21. The lowest BCUT2D eigenvalue weighted by atomic mass is 10.1. The zero-order valence-electron chi connectivity index (χ0n) is 10.9. The predicted octanol–water partition coefficient (Wildman–Crippen LogP) is 2.97. The summed E-state index contributed by atoms with van der Waals surface area (Å²) in [5, 5.41) is 1.15. The Morgan fingerprint density at radius 3 is 2.83 bits per heavy atom. The average Bonchev–Trinajstić information content (AvgIpc) is 2.76. The first-order valence-electron chi connectivity index (χ1n) is 6.60. The van der Waals surface area contributed by atoms with E-state index < -0.39 is 0 Å². The van der Waals surface area contributed by atoms with Crippen molar-refractivity contribution in [2.24, 2.45) is 5.73 Å². The Morgan fingerprint density at radius 2 is 2.11 bits per heavy atom. The summed E-state index contributed by atoms with van der Waals surface area (Å²) in [4.78, 5) is 12.2. The van der Waals surface area contributed by atoms with E-state index in [-0.39, 0.29) is 5.91 Å². The lowest BCUT2D eigenvalue weighted by Gasteiger charge is -2.02. The van der Waals surface area contributed by atoms with Crippen molar-refractivity contribution in [1.82, 2.24) is 4.57 Å². The topological polar surface area (TPSA) is 48.0 Å². The molecule has 0 radical (unpaired) electrons. The number of nitrogens with zero attached hydrogens (tertiary/aromatic N) is 1. The van der Waals surface area contributed by atoms with Crippen LogP contribution in [0.5, 0.6) is 0 Å². The Hall–Kier alpha value is -1.61. The summed E-state index contributed by atoms with van der Waals surface area (Å²) in [6.45, 7) is 2.71. The van der Waals surface area contributed by atoms with E-state index in [1.807, 2.05) is 24.4 Å². The van der Waals surface area contributed by atoms with Crippen LogP contribution in [-0.2, 0) is 6.42 Å². The first-order chi connectivity index (χ1) is 8.77. The highest BCUT2D eigenvalue weighted by atomic mass is 16.2. The Bertz CT molecular complexity index is 542. The molecule has 0 saturated carbocycles. The third-order valence-corrected chi connectivity index (χ3v) is 3.22. The molecule has 1 heterocycles. The molecule has 96 valence electrons. The van der Waals surface area contributed by atoms with E-state index in [1.165, 1.54) is 0 Å². The monoisotopic (exact) mass is 244 g/mol. The molecule has 0 bridgehead atoms. The van der Waals surface area contributed by atoms with E-state index in [2.05, 4.69) is 13.0 Å². The minimum Gasteiger partial charge on any atom is -0.330 e. The molecule has 3 nitrogen and oxygen atoms in total. The molecule has 1 aromatic carbocycles. The second-order valence-electron chi connectivity index (χ2n) is 4.58. The Kier molecular flexibility index (Phi) is 4.15. The van der Waals surface area contributed by atoms with Gasteiger partial charge in [0.05, 0.1) is 5.52 Å². The molecule has 0 aliphatic rings. The van der Waals surface area contributed by atoms with Crippen molar-refractivity contribution in [1.29, 1.82) is 0 Å². The van der Waals surface area contributed by atoms with Crippen LogP contribution in [-0.4, -0.2) is 17.0 Å². The van der Waals surface area contributed by atoms with Gasteiger partial charge in [0.2, 0.25) is 5.91 Å². The highest BCUT2D eigenvalue weighted by Crippen LogP contribution is 2.22.